The van der Waals surface area contributed by atoms with Crippen molar-refractivity contribution in [3.63, 3.8) is 0 Å². The van der Waals surface area contributed by atoms with Gasteiger partial charge in [-0.05, 0) is 30.0 Å². The highest BCUT2D eigenvalue weighted by Gasteiger charge is 2.29. The van der Waals surface area contributed by atoms with Gasteiger partial charge in [0, 0.05) is 23.4 Å². The molecule has 0 fully saturated rings. The average Bonchev–Trinajstić information content (AvgIpc) is 3.15. The van der Waals surface area contributed by atoms with Gasteiger partial charge in [0.15, 0.2) is 0 Å². The Kier molecular flexibility index (Phi) is 4.96. The van der Waals surface area contributed by atoms with Crippen LogP contribution in [0, 0.1) is 0 Å². The van der Waals surface area contributed by atoms with E-state index < -0.39 is 10.0 Å². The van der Waals surface area contributed by atoms with E-state index in [-0.39, 0.29) is 23.8 Å². The van der Waals surface area contributed by atoms with Crippen LogP contribution in [0.2, 0.25) is 0 Å². The maximum Gasteiger partial charge on any atom is 0.263 e. The summed E-state index contributed by atoms with van der Waals surface area (Å²) >= 11 is 1.66. The Bertz CT molecular complexity index is 858. The highest BCUT2D eigenvalue weighted by Crippen LogP contribution is 2.22. The Morgan fingerprint density at radius 3 is 2.83 bits per heavy atom. The SMILES string of the molecule is O=C(CCN=C1NS(=O)(=O)c2ccccc21)NCCc1cccs1. The van der Waals surface area contributed by atoms with Crippen molar-refractivity contribution in [2.75, 3.05) is 13.1 Å². The molecule has 0 saturated carbocycles. The summed E-state index contributed by atoms with van der Waals surface area (Å²) in [5, 5.41) is 4.85. The number of aliphatic imine (C=N–C) groups is 1. The van der Waals surface area contributed by atoms with Crippen LogP contribution < -0.4 is 10.0 Å². The minimum absolute atomic E-state index is 0.0926. The number of fused-ring (bicyclic) bond motifs is 1. The predicted molar refractivity (Wildman–Crippen MR) is 93.8 cm³/mol. The highest BCUT2D eigenvalue weighted by atomic mass is 32.2. The fraction of sp³-hybridized carbons (Fsp3) is 0.250. The van der Waals surface area contributed by atoms with E-state index >= 15 is 0 Å². The van der Waals surface area contributed by atoms with Crippen molar-refractivity contribution < 1.29 is 13.2 Å². The average molecular weight is 363 g/mol. The molecular formula is C16H17N3O3S2. The van der Waals surface area contributed by atoms with Crippen LogP contribution in [0.4, 0.5) is 0 Å². The number of hydrogen-bond donors (Lipinski definition) is 2. The largest absolute Gasteiger partial charge is 0.356 e. The first-order valence-electron chi connectivity index (χ1n) is 7.52. The first kappa shape index (κ1) is 16.7. The number of benzene rings is 1. The molecule has 2 N–H and O–H groups in total. The third kappa shape index (κ3) is 3.82. The van der Waals surface area contributed by atoms with Gasteiger partial charge in [-0.2, -0.15) is 0 Å². The lowest BCUT2D eigenvalue weighted by atomic mass is 10.2. The van der Waals surface area contributed by atoms with Crippen molar-refractivity contribution in [1.29, 1.82) is 0 Å². The molecule has 1 aliphatic rings. The molecule has 24 heavy (non-hydrogen) atoms. The molecule has 1 amide bonds. The number of sulfonamides is 1. The zero-order valence-electron chi connectivity index (χ0n) is 12.9. The van der Waals surface area contributed by atoms with Crippen molar-refractivity contribution >= 4 is 33.1 Å². The Labute approximate surface area is 144 Å². The number of carbonyl (C=O) groups is 1. The fourth-order valence-electron chi connectivity index (χ4n) is 2.39. The number of carbonyl (C=O) groups excluding carboxylic acids is 1. The Morgan fingerprint density at radius 2 is 2.04 bits per heavy atom. The lowest BCUT2D eigenvalue weighted by Gasteiger charge is -2.03. The van der Waals surface area contributed by atoms with Crippen molar-refractivity contribution in [3.05, 3.63) is 52.2 Å². The van der Waals surface area contributed by atoms with Gasteiger partial charge >= 0.3 is 0 Å². The van der Waals surface area contributed by atoms with Gasteiger partial charge in [0.25, 0.3) is 10.0 Å². The molecule has 0 saturated heterocycles. The second kappa shape index (κ2) is 7.14. The topological polar surface area (TPSA) is 87.6 Å². The molecule has 2 heterocycles. The smallest absolute Gasteiger partial charge is 0.263 e. The van der Waals surface area contributed by atoms with Crippen LogP contribution in [0.15, 0.2) is 51.7 Å². The molecule has 1 aromatic carbocycles. The maximum absolute atomic E-state index is 11.9. The molecule has 2 aromatic rings. The zero-order chi connectivity index (χ0) is 17.0. The van der Waals surface area contributed by atoms with Crippen molar-refractivity contribution in [2.45, 2.75) is 17.7 Å². The van der Waals surface area contributed by atoms with Crippen LogP contribution in [0.5, 0.6) is 0 Å². The van der Waals surface area contributed by atoms with Gasteiger partial charge in [0.1, 0.15) is 5.84 Å². The fourth-order valence-corrected chi connectivity index (χ4v) is 4.35. The summed E-state index contributed by atoms with van der Waals surface area (Å²) in [6.45, 7) is 0.822. The normalized spacial score (nSPS) is 16.6. The third-order valence-electron chi connectivity index (χ3n) is 3.55. The molecule has 0 atom stereocenters. The lowest BCUT2D eigenvalue weighted by molar-refractivity contribution is -0.120. The standard InChI is InChI=1S/C16H17N3O3S2/c20-15(17-9-7-12-4-3-11-23-12)8-10-18-16-13-5-1-2-6-14(13)24(21,22)19-16/h1-6,11H,7-10H2,(H,17,20)(H,18,19). The molecular weight excluding hydrogens is 346 g/mol. The summed E-state index contributed by atoms with van der Waals surface area (Å²) in [5.74, 6) is 0.210. The number of amides is 1. The molecule has 8 heteroatoms. The van der Waals surface area contributed by atoms with Crippen molar-refractivity contribution in [3.8, 4) is 0 Å². The number of hydrogen-bond acceptors (Lipinski definition) is 5. The van der Waals surface area contributed by atoms with E-state index in [1.807, 2.05) is 17.5 Å². The lowest BCUT2D eigenvalue weighted by Crippen LogP contribution is -2.26. The van der Waals surface area contributed by atoms with Crippen LogP contribution in [0.3, 0.4) is 0 Å². The van der Waals surface area contributed by atoms with E-state index in [1.165, 1.54) is 10.9 Å². The molecule has 1 aromatic heterocycles. The number of nitrogens with one attached hydrogen (secondary N) is 2. The molecule has 0 aliphatic carbocycles. The second-order valence-electron chi connectivity index (χ2n) is 5.26. The Morgan fingerprint density at radius 1 is 1.21 bits per heavy atom. The summed E-state index contributed by atoms with van der Waals surface area (Å²) in [6.07, 6.45) is 1.03. The van der Waals surface area contributed by atoms with Gasteiger partial charge in [0.05, 0.1) is 11.4 Å². The van der Waals surface area contributed by atoms with E-state index in [0.717, 1.165) is 6.42 Å². The van der Waals surface area contributed by atoms with Crippen LogP contribution in [-0.2, 0) is 21.2 Å². The minimum Gasteiger partial charge on any atom is -0.356 e. The van der Waals surface area contributed by atoms with Gasteiger partial charge in [0.2, 0.25) is 5.91 Å². The number of rotatable bonds is 6. The predicted octanol–water partition coefficient (Wildman–Crippen LogP) is 1.54. The molecule has 0 radical (unpaired) electrons. The van der Waals surface area contributed by atoms with E-state index in [9.17, 15) is 13.2 Å². The molecule has 126 valence electrons. The summed E-state index contributed by atoms with van der Waals surface area (Å²) in [4.78, 5) is 17.5. The zero-order valence-corrected chi connectivity index (χ0v) is 14.5. The van der Waals surface area contributed by atoms with Crippen LogP contribution in [0.1, 0.15) is 16.9 Å². The van der Waals surface area contributed by atoms with Gasteiger partial charge < -0.3 is 5.32 Å². The highest BCUT2D eigenvalue weighted by molar-refractivity contribution is 7.90. The molecule has 0 spiro atoms. The summed E-state index contributed by atoms with van der Waals surface area (Å²) in [5.41, 5.74) is 0.551. The number of nitrogens with zero attached hydrogens (tertiary/aromatic N) is 1. The van der Waals surface area contributed by atoms with Crippen LogP contribution >= 0.6 is 11.3 Å². The Balaban J connectivity index is 1.51. The Hall–Kier alpha value is -2.19. The van der Waals surface area contributed by atoms with Gasteiger partial charge in [-0.1, -0.05) is 18.2 Å². The van der Waals surface area contributed by atoms with Gasteiger partial charge in [-0.25, -0.2) is 8.42 Å². The third-order valence-corrected chi connectivity index (χ3v) is 5.88. The second-order valence-corrected chi connectivity index (χ2v) is 7.94. The van der Waals surface area contributed by atoms with Gasteiger partial charge in [-0.15, -0.1) is 11.3 Å². The molecule has 6 nitrogen and oxygen atoms in total. The monoisotopic (exact) mass is 363 g/mol. The molecule has 0 unspecified atom stereocenters. The van der Waals surface area contributed by atoms with Crippen LogP contribution in [-0.4, -0.2) is 33.3 Å². The molecule has 0 bridgehead atoms. The van der Waals surface area contributed by atoms with E-state index in [0.29, 0.717) is 17.9 Å². The quantitative estimate of drug-likeness (QED) is 0.816. The van der Waals surface area contributed by atoms with E-state index in [1.54, 1.807) is 29.5 Å². The van der Waals surface area contributed by atoms with Crippen LogP contribution in [0.25, 0.3) is 0 Å². The van der Waals surface area contributed by atoms with E-state index in [4.69, 9.17) is 0 Å². The molecule has 3 rings (SSSR count). The first-order valence-corrected chi connectivity index (χ1v) is 9.88. The van der Waals surface area contributed by atoms with Crippen molar-refractivity contribution in [2.24, 2.45) is 4.99 Å². The maximum atomic E-state index is 11.9. The summed E-state index contributed by atoms with van der Waals surface area (Å²) in [6, 6.07) is 10.7. The number of thiophene rings is 1. The summed E-state index contributed by atoms with van der Waals surface area (Å²) in [7, 11) is -3.52. The summed E-state index contributed by atoms with van der Waals surface area (Å²) < 4.78 is 26.3. The van der Waals surface area contributed by atoms with Crippen molar-refractivity contribution in [1.82, 2.24) is 10.0 Å². The van der Waals surface area contributed by atoms with E-state index in [2.05, 4.69) is 15.0 Å². The first-order chi connectivity index (χ1) is 11.6. The van der Waals surface area contributed by atoms with Gasteiger partial charge in [-0.3, -0.25) is 14.5 Å². The molecule has 1 aliphatic heterocycles. The minimum atomic E-state index is -3.52. The number of amidine groups is 1.